The molecule has 5 rings (SSSR count). The van der Waals surface area contributed by atoms with Crippen LogP contribution >= 0.6 is 24.0 Å². The summed E-state index contributed by atoms with van der Waals surface area (Å²) in [6, 6.07) is 11.4. The Hall–Kier alpha value is -2.79. The van der Waals surface area contributed by atoms with Gasteiger partial charge in [-0.05, 0) is 60.8 Å². The van der Waals surface area contributed by atoms with Gasteiger partial charge in [-0.3, -0.25) is 0 Å². The Bertz CT molecular complexity index is 1250. The van der Waals surface area contributed by atoms with E-state index in [2.05, 4.69) is 25.3 Å². The Morgan fingerprint density at radius 3 is 2.58 bits per heavy atom. The predicted molar refractivity (Wildman–Crippen MR) is 147 cm³/mol. The molecule has 2 unspecified atom stereocenters. The summed E-state index contributed by atoms with van der Waals surface area (Å²) in [6.45, 7) is 10.2. The molecule has 2 bridgehead atoms. The van der Waals surface area contributed by atoms with E-state index in [-0.39, 0.29) is 19.0 Å². The first-order valence-corrected chi connectivity index (χ1v) is 12.6. The molecule has 0 spiro atoms. The number of benzene rings is 2. The smallest absolute Gasteiger partial charge is 0.188 e. The van der Waals surface area contributed by atoms with Crippen LogP contribution in [0.4, 0.5) is 17.3 Å². The molecule has 2 atom stereocenters. The van der Waals surface area contributed by atoms with Gasteiger partial charge in [0, 0.05) is 37.0 Å². The Balaban J connectivity index is 0.00000304. The van der Waals surface area contributed by atoms with Crippen LogP contribution in [0.2, 0.25) is 5.02 Å². The Morgan fingerprint density at radius 2 is 1.92 bits per heavy atom. The second-order valence-electron chi connectivity index (χ2n) is 9.57. The number of anilines is 2. The molecule has 2 N–H and O–H groups in total. The maximum Gasteiger partial charge on any atom is 0.188 e. The fourth-order valence-electron chi connectivity index (χ4n) is 5.91. The minimum atomic E-state index is 0. The Kier molecular flexibility index (Phi) is 8.40. The summed E-state index contributed by atoms with van der Waals surface area (Å²) in [5.74, 6) is 3.91. The number of methoxy groups -OCH3 is 1. The van der Waals surface area contributed by atoms with E-state index in [1.54, 1.807) is 7.11 Å². The number of nitrogens with zero attached hydrogens (tertiary/aromatic N) is 4. The first-order valence-electron chi connectivity index (χ1n) is 12.2. The van der Waals surface area contributed by atoms with Gasteiger partial charge in [0.1, 0.15) is 5.75 Å². The van der Waals surface area contributed by atoms with E-state index in [1.165, 1.54) is 19.3 Å². The third-order valence-corrected chi connectivity index (χ3v) is 7.88. The zero-order valence-electron chi connectivity index (χ0n) is 20.3. The maximum atomic E-state index is 9.57. The lowest BCUT2D eigenvalue weighted by atomic mass is 9.68. The van der Waals surface area contributed by atoms with Crippen molar-refractivity contribution < 1.29 is 9.84 Å². The highest BCUT2D eigenvalue weighted by Gasteiger charge is 2.39. The number of hydrogen-bond donors (Lipinski definition) is 2. The minimum absolute atomic E-state index is 0. The number of piperidine rings is 1. The van der Waals surface area contributed by atoms with Crippen molar-refractivity contribution >= 4 is 52.1 Å². The number of hydrogen-bond acceptors (Lipinski definition) is 6. The average molecular weight is 528 g/mol. The van der Waals surface area contributed by atoms with Gasteiger partial charge in [-0.15, -0.1) is 22.6 Å². The van der Waals surface area contributed by atoms with E-state index in [4.69, 9.17) is 22.9 Å². The van der Waals surface area contributed by atoms with Gasteiger partial charge in [-0.2, -0.15) is 0 Å². The van der Waals surface area contributed by atoms with E-state index in [0.29, 0.717) is 46.6 Å². The Labute approximate surface area is 223 Å². The lowest BCUT2D eigenvalue weighted by molar-refractivity contribution is 0.0962. The summed E-state index contributed by atoms with van der Waals surface area (Å²) < 4.78 is 5.24. The van der Waals surface area contributed by atoms with Crippen LogP contribution in [0, 0.1) is 24.3 Å². The molecule has 0 radical (unpaired) electrons. The van der Waals surface area contributed by atoms with Gasteiger partial charge in [0.05, 0.1) is 18.7 Å². The molecule has 3 aromatic rings. The van der Waals surface area contributed by atoms with E-state index < -0.39 is 0 Å². The summed E-state index contributed by atoms with van der Waals surface area (Å²) >= 11 is 6.29. The van der Waals surface area contributed by atoms with E-state index in [9.17, 15) is 5.11 Å². The topological polar surface area (TPSA) is 74.9 Å². The summed E-state index contributed by atoms with van der Waals surface area (Å²) in [5, 5.41) is 24.7. The van der Waals surface area contributed by atoms with Gasteiger partial charge in [-0.1, -0.05) is 36.2 Å². The van der Waals surface area contributed by atoms with Crippen LogP contribution in [-0.4, -0.2) is 42.1 Å². The molecule has 0 amide bonds. The number of rotatable bonds is 7. The van der Waals surface area contributed by atoms with Crippen molar-refractivity contribution in [3.05, 3.63) is 58.4 Å². The summed E-state index contributed by atoms with van der Waals surface area (Å²) in [7, 11) is 1.60. The third kappa shape index (κ3) is 5.17. The molecule has 1 aromatic heterocycles. The molecular weight excluding hydrogens is 497 g/mol. The highest BCUT2D eigenvalue weighted by molar-refractivity contribution is 6.32. The second-order valence-corrected chi connectivity index (χ2v) is 9.98. The van der Waals surface area contributed by atoms with Crippen molar-refractivity contribution in [2.45, 2.75) is 32.2 Å². The van der Waals surface area contributed by atoms with Gasteiger partial charge in [0.2, 0.25) is 0 Å². The van der Waals surface area contributed by atoms with Crippen molar-refractivity contribution in [2.75, 3.05) is 37.0 Å². The molecular formula is C27H31Cl2N5O2. The average Bonchev–Trinajstić information content (AvgIpc) is 2.87. The molecule has 1 aliphatic carbocycles. The Morgan fingerprint density at radius 1 is 1.14 bits per heavy atom. The molecule has 36 heavy (non-hydrogen) atoms. The molecule has 190 valence electrons. The summed E-state index contributed by atoms with van der Waals surface area (Å²) in [6.07, 6.45) is 4.57. The van der Waals surface area contributed by atoms with E-state index in [0.717, 1.165) is 41.7 Å². The zero-order chi connectivity index (χ0) is 24.4. The number of nitrogens with one attached hydrogen (secondary N) is 1. The van der Waals surface area contributed by atoms with Gasteiger partial charge in [-0.25, -0.2) is 4.85 Å². The van der Waals surface area contributed by atoms with Crippen LogP contribution < -0.4 is 15.0 Å². The SMILES string of the molecule is Cl.[C-]#[N+]c1ccc2c(N3CC4CCCC(C3)C4CCO)nnc(NCc3ccc(OC)c(Cl)c3)c2c1. The highest BCUT2D eigenvalue weighted by Crippen LogP contribution is 2.43. The predicted octanol–water partition coefficient (Wildman–Crippen LogP) is 6.11. The van der Waals surface area contributed by atoms with Crippen LogP contribution in [0.5, 0.6) is 5.75 Å². The molecule has 1 saturated carbocycles. The van der Waals surface area contributed by atoms with Crippen molar-refractivity contribution in [1.29, 1.82) is 0 Å². The van der Waals surface area contributed by atoms with Crippen LogP contribution in [0.15, 0.2) is 36.4 Å². The van der Waals surface area contributed by atoms with Crippen molar-refractivity contribution in [3.8, 4) is 5.75 Å². The quantitative estimate of drug-likeness (QED) is 0.361. The minimum Gasteiger partial charge on any atom is -0.495 e. The lowest BCUT2D eigenvalue weighted by Crippen LogP contribution is -2.49. The third-order valence-electron chi connectivity index (χ3n) is 7.58. The molecule has 2 aliphatic rings. The fourth-order valence-corrected chi connectivity index (χ4v) is 6.19. The van der Waals surface area contributed by atoms with Crippen LogP contribution in [-0.2, 0) is 6.54 Å². The fraction of sp³-hybridized carbons (Fsp3) is 0.444. The molecule has 2 fully saturated rings. The van der Waals surface area contributed by atoms with Crippen molar-refractivity contribution in [2.24, 2.45) is 17.8 Å². The first-order chi connectivity index (χ1) is 17.1. The second kappa shape index (κ2) is 11.5. The number of fused-ring (bicyclic) bond motifs is 3. The number of ether oxygens (including phenoxy) is 1. The number of aliphatic hydroxyl groups is 1. The van der Waals surface area contributed by atoms with Crippen molar-refractivity contribution in [1.82, 2.24) is 10.2 Å². The standard InChI is InChI=1S/C27H30ClN5O2.ClH/c1-29-20-7-8-22-23(13-20)26(30-14-17-6-9-25(35-2)24(28)12-17)31-32-27(22)33-15-18-4-3-5-19(16-33)21(18)10-11-34;/h6-9,12-13,18-19,21,34H,3-5,10-11,14-16H2,2H3,(H,30,31);1H. The van der Waals surface area contributed by atoms with Gasteiger partial charge in [0.15, 0.2) is 17.3 Å². The van der Waals surface area contributed by atoms with Gasteiger partial charge >= 0.3 is 0 Å². The maximum absolute atomic E-state index is 9.57. The van der Waals surface area contributed by atoms with E-state index >= 15 is 0 Å². The molecule has 2 heterocycles. The zero-order valence-corrected chi connectivity index (χ0v) is 21.9. The lowest BCUT2D eigenvalue weighted by Gasteiger charge is -2.48. The number of halogens is 2. The van der Waals surface area contributed by atoms with Gasteiger partial charge in [0.25, 0.3) is 0 Å². The summed E-state index contributed by atoms with van der Waals surface area (Å²) in [5.41, 5.74) is 1.57. The molecule has 1 aliphatic heterocycles. The van der Waals surface area contributed by atoms with Crippen LogP contribution in [0.3, 0.4) is 0 Å². The van der Waals surface area contributed by atoms with E-state index in [1.807, 2.05) is 36.4 Å². The van der Waals surface area contributed by atoms with Crippen molar-refractivity contribution in [3.63, 3.8) is 0 Å². The number of aromatic nitrogens is 2. The molecule has 7 nitrogen and oxygen atoms in total. The summed E-state index contributed by atoms with van der Waals surface area (Å²) in [4.78, 5) is 6.01. The molecule has 9 heteroatoms. The number of aliphatic hydroxyl groups excluding tert-OH is 1. The first kappa shape index (κ1) is 26.3. The monoisotopic (exact) mass is 527 g/mol. The van der Waals surface area contributed by atoms with Gasteiger partial charge < -0.3 is 20.1 Å². The normalized spacial score (nSPS) is 20.9. The largest absolute Gasteiger partial charge is 0.495 e. The molecule has 1 saturated heterocycles. The highest BCUT2D eigenvalue weighted by atomic mass is 35.5. The van der Waals surface area contributed by atoms with Crippen LogP contribution in [0.25, 0.3) is 15.6 Å². The molecule has 2 aromatic carbocycles. The van der Waals surface area contributed by atoms with Crippen LogP contribution in [0.1, 0.15) is 31.2 Å².